The lowest BCUT2D eigenvalue weighted by Gasteiger charge is -2.05. The average Bonchev–Trinajstić information content (AvgIpc) is 2.09. The molecule has 0 radical (unpaired) electrons. The van der Waals surface area contributed by atoms with Gasteiger partial charge in [-0.3, -0.25) is 0 Å². The Kier molecular flexibility index (Phi) is 3.05. The summed E-state index contributed by atoms with van der Waals surface area (Å²) in [6.07, 6.45) is 0. The van der Waals surface area contributed by atoms with E-state index in [2.05, 4.69) is 35.2 Å². The fourth-order valence-corrected chi connectivity index (χ4v) is 1.16. The molecular formula is C6H10N4S2. The van der Waals surface area contributed by atoms with Crippen molar-refractivity contribution in [2.24, 2.45) is 0 Å². The maximum Gasteiger partial charge on any atom is 0.150 e. The fourth-order valence-electron chi connectivity index (χ4n) is 0.779. The highest BCUT2D eigenvalue weighted by Gasteiger charge is 2.06. The van der Waals surface area contributed by atoms with Crippen LogP contribution in [0.3, 0.4) is 0 Å². The van der Waals surface area contributed by atoms with E-state index in [0.29, 0.717) is 34.5 Å². The van der Waals surface area contributed by atoms with Gasteiger partial charge in [-0.05, 0) is 0 Å². The van der Waals surface area contributed by atoms with Crippen LogP contribution in [0.1, 0.15) is 11.5 Å². The number of nitrogens with zero attached hydrogens (tertiary/aromatic N) is 2. The first kappa shape index (κ1) is 9.47. The van der Waals surface area contributed by atoms with Crippen molar-refractivity contribution in [2.75, 3.05) is 11.5 Å². The molecule has 0 atom stereocenters. The minimum atomic E-state index is 0.304. The van der Waals surface area contributed by atoms with E-state index < -0.39 is 0 Å². The van der Waals surface area contributed by atoms with E-state index >= 15 is 0 Å². The first-order valence-electron chi connectivity index (χ1n) is 3.31. The molecule has 0 spiro atoms. The minimum Gasteiger partial charge on any atom is -0.394 e. The Balaban J connectivity index is 3.19. The Labute approximate surface area is 81.6 Å². The summed E-state index contributed by atoms with van der Waals surface area (Å²) in [4.78, 5) is 8.03. The summed E-state index contributed by atoms with van der Waals surface area (Å²) < 4.78 is 0. The zero-order chi connectivity index (χ0) is 9.14. The van der Waals surface area contributed by atoms with Gasteiger partial charge in [0.25, 0.3) is 0 Å². The van der Waals surface area contributed by atoms with Crippen molar-refractivity contribution in [3.8, 4) is 0 Å². The highest BCUT2D eigenvalue weighted by molar-refractivity contribution is 7.79. The van der Waals surface area contributed by atoms with Crippen LogP contribution in [0, 0.1) is 0 Å². The maximum atomic E-state index is 5.59. The van der Waals surface area contributed by atoms with E-state index in [9.17, 15) is 0 Å². The van der Waals surface area contributed by atoms with E-state index in [1.165, 1.54) is 0 Å². The van der Waals surface area contributed by atoms with Crippen LogP contribution in [0.2, 0.25) is 0 Å². The van der Waals surface area contributed by atoms with Gasteiger partial charge in [0.05, 0.1) is 17.1 Å². The molecular weight excluding hydrogens is 192 g/mol. The van der Waals surface area contributed by atoms with Crippen molar-refractivity contribution in [1.29, 1.82) is 0 Å². The molecule has 0 fully saturated rings. The molecule has 4 N–H and O–H groups in total. The predicted octanol–water partition coefficient (Wildman–Crippen LogP) is 0.501. The van der Waals surface area contributed by atoms with Crippen molar-refractivity contribution in [1.82, 2.24) is 9.97 Å². The van der Waals surface area contributed by atoms with Crippen LogP contribution in [0.25, 0.3) is 0 Å². The zero-order valence-corrected chi connectivity index (χ0v) is 8.15. The van der Waals surface area contributed by atoms with Gasteiger partial charge in [0.1, 0.15) is 5.82 Å². The van der Waals surface area contributed by atoms with Gasteiger partial charge in [0, 0.05) is 5.75 Å². The van der Waals surface area contributed by atoms with Crippen LogP contribution in [0.5, 0.6) is 0 Å². The number of anilines is 2. The van der Waals surface area contributed by atoms with Crippen LogP contribution >= 0.6 is 25.3 Å². The van der Waals surface area contributed by atoms with Gasteiger partial charge in [-0.2, -0.15) is 25.3 Å². The smallest absolute Gasteiger partial charge is 0.150 e. The topological polar surface area (TPSA) is 77.8 Å². The lowest BCUT2D eigenvalue weighted by atomic mass is 10.3. The maximum absolute atomic E-state index is 5.59. The monoisotopic (exact) mass is 202 g/mol. The second kappa shape index (κ2) is 3.86. The molecule has 0 amide bonds. The SMILES string of the molecule is Nc1nc(CS)nc(CS)c1N. The van der Waals surface area contributed by atoms with Crippen LogP contribution < -0.4 is 11.5 Å². The van der Waals surface area contributed by atoms with Gasteiger partial charge in [-0.15, -0.1) is 0 Å². The Morgan fingerprint density at radius 1 is 1.08 bits per heavy atom. The molecule has 0 aromatic carbocycles. The van der Waals surface area contributed by atoms with Gasteiger partial charge in [0.2, 0.25) is 0 Å². The molecule has 12 heavy (non-hydrogen) atoms. The van der Waals surface area contributed by atoms with Gasteiger partial charge < -0.3 is 11.5 Å². The summed E-state index contributed by atoms with van der Waals surface area (Å²) >= 11 is 8.09. The van der Waals surface area contributed by atoms with E-state index in [0.717, 1.165) is 0 Å². The van der Waals surface area contributed by atoms with E-state index in [-0.39, 0.29) is 0 Å². The highest BCUT2D eigenvalue weighted by atomic mass is 32.1. The number of thiol groups is 2. The number of hydrogen-bond acceptors (Lipinski definition) is 6. The molecule has 0 saturated heterocycles. The van der Waals surface area contributed by atoms with Crippen molar-refractivity contribution in [3.63, 3.8) is 0 Å². The molecule has 4 nitrogen and oxygen atoms in total. The molecule has 0 unspecified atom stereocenters. The molecule has 1 heterocycles. The van der Waals surface area contributed by atoms with Crippen LogP contribution in [-0.2, 0) is 11.5 Å². The summed E-state index contributed by atoms with van der Waals surface area (Å²) in [6, 6.07) is 0. The molecule has 66 valence electrons. The number of hydrogen-bond donors (Lipinski definition) is 4. The second-order valence-corrected chi connectivity index (χ2v) is 2.83. The normalized spacial score (nSPS) is 10.2. The standard InChI is InChI=1S/C6H10N4S2/c7-5-3(1-11)9-4(2-12)10-6(5)8/h11-12H,1-2,7H2,(H2,8,9,10). The third-order valence-electron chi connectivity index (χ3n) is 1.39. The summed E-state index contributed by atoms with van der Waals surface area (Å²) in [5.74, 6) is 1.79. The quantitative estimate of drug-likeness (QED) is 0.527. The largest absolute Gasteiger partial charge is 0.394 e. The third-order valence-corrected chi connectivity index (χ3v) is 1.97. The van der Waals surface area contributed by atoms with Gasteiger partial charge in [0.15, 0.2) is 5.82 Å². The molecule has 0 saturated carbocycles. The third kappa shape index (κ3) is 1.75. The molecule has 6 heteroatoms. The Bertz CT molecular complexity index is 289. The molecule has 0 aliphatic carbocycles. The summed E-state index contributed by atoms with van der Waals surface area (Å²) in [5, 5.41) is 0. The van der Waals surface area contributed by atoms with Crippen LogP contribution in [0.15, 0.2) is 0 Å². The Morgan fingerprint density at radius 3 is 2.25 bits per heavy atom. The molecule has 1 rings (SSSR count). The number of nitrogen functional groups attached to an aromatic ring is 2. The summed E-state index contributed by atoms with van der Waals surface area (Å²) in [7, 11) is 0. The molecule has 0 bridgehead atoms. The van der Waals surface area contributed by atoms with Crippen molar-refractivity contribution >= 4 is 36.8 Å². The summed E-state index contributed by atoms with van der Waals surface area (Å²) in [6.45, 7) is 0. The summed E-state index contributed by atoms with van der Waals surface area (Å²) in [5.41, 5.74) is 12.2. The fraction of sp³-hybridized carbons (Fsp3) is 0.333. The van der Waals surface area contributed by atoms with Gasteiger partial charge >= 0.3 is 0 Å². The molecule has 1 aromatic rings. The van der Waals surface area contributed by atoms with E-state index in [4.69, 9.17) is 11.5 Å². The average molecular weight is 202 g/mol. The van der Waals surface area contributed by atoms with Crippen molar-refractivity contribution in [2.45, 2.75) is 11.5 Å². The number of aromatic nitrogens is 2. The lowest BCUT2D eigenvalue weighted by Crippen LogP contribution is -2.07. The number of nitrogens with two attached hydrogens (primary N) is 2. The van der Waals surface area contributed by atoms with Crippen molar-refractivity contribution < 1.29 is 0 Å². The predicted molar refractivity (Wildman–Crippen MR) is 56.2 cm³/mol. The lowest BCUT2D eigenvalue weighted by molar-refractivity contribution is 1.00. The molecule has 0 aliphatic heterocycles. The zero-order valence-electron chi connectivity index (χ0n) is 6.36. The first-order chi connectivity index (χ1) is 5.69. The minimum absolute atomic E-state index is 0.304. The van der Waals surface area contributed by atoms with E-state index in [1.54, 1.807) is 0 Å². The van der Waals surface area contributed by atoms with Crippen molar-refractivity contribution in [3.05, 3.63) is 11.5 Å². The molecule has 0 aliphatic rings. The van der Waals surface area contributed by atoms with Crippen LogP contribution in [0.4, 0.5) is 11.5 Å². The Morgan fingerprint density at radius 2 is 1.75 bits per heavy atom. The first-order valence-corrected chi connectivity index (χ1v) is 4.58. The number of rotatable bonds is 2. The van der Waals surface area contributed by atoms with E-state index in [1.807, 2.05) is 0 Å². The highest BCUT2D eigenvalue weighted by Crippen LogP contribution is 2.17. The van der Waals surface area contributed by atoms with Gasteiger partial charge in [-0.25, -0.2) is 9.97 Å². The second-order valence-electron chi connectivity index (χ2n) is 2.20. The Hall–Kier alpha value is -0.620. The van der Waals surface area contributed by atoms with Gasteiger partial charge in [-0.1, -0.05) is 0 Å². The van der Waals surface area contributed by atoms with Crippen LogP contribution in [-0.4, -0.2) is 9.97 Å². The molecule has 1 aromatic heterocycles.